The van der Waals surface area contributed by atoms with Gasteiger partial charge in [0.2, 0.25) is 11.7 Å². The second kappa shape index (κ2) is 7.78. The molecule has 0 aliphatic carbocycles. The third-order valence-corrected chi connectivity index (χ3v) is 5.71. The number of rotatable bonds is 5. The first kappa shape index (κ1) is 21.5. The smallest absolute Gasteiger partial charge is 0.325 e. The van der Waals surface area contributed by atoms with E-state index in [0.29, 0.717) is 11.6 Å². The molecule has 1 atom stereocenters. The lowest BCUT2D eigenvalue weighted by atomic mass is 9.84. The van der Waals surface area contributed by atoms with Crippen LogP contribution < -0.4 is 10.1 Å². The molecule has 3 amide bonds. The van der Waals surface area contributed by atoms with Crippen LogP contribution in [0.5, 0.6) is 5.75 Å². The first-order valence-corrected chi connectivity index (χ1v) is 10.3. The lowest BCUT2D eigenvalue weighted by Crippen LogP contribution is -2.40. The first-order valence-electron chi connectivity index (χ1n) is 10.3. The number of ether oxygens (including phenoxy) is 1. The Balaban J connectivity index is 1.52. The molecule has 2 aromatic carbocycles. The third-order valence-electron chi connectivity index (χ3n) is 5.71. The van der Waals surface area contributed by atoms with Gasteiger partial charge in [0.25, 0.3) is 5.91 Å². The zero-order valence-electron chi connectivity index (χ0n) is 18.8. The molecule has 0 spiro atoms. The van der Waals surface area contributed by atoms with E-state index in [1.54, 1.807) is 38.3 Å². The number of hydrogen-bond acceptors (Lipinski definition) is 6. The van der Waals surface area contributed by atoms with Crippen molar-refractivity contribution in [3.63, 3.8) is 0 Å². The number of methoxy groups -OCH3 is 1. The number of carbonyl (C=O) groups is 2. The lowest BCUT2D eigenvalue weighted by molar-refractivity contribution is -0.131. The second-order valence-corrected chi connectivity index (χ2v) is 9.01. The van der Waals surface area contributed by atoms with Crippen molar-refractivity contribution >= 4 is 11.9 Å². The van der Waals surface area contributed by atoms with E-state index in [4.69, 9.17) is 9.26 Å². The van der Waals surface area contributed by atoms with E-state index in [-0.39, 0.29) is 23.8 Å². The zero-order chi connectivity index (χ0) is 23.1. The molecule has 4 rings (SSSR count). The highest BCUT2D eigenvalue weighted by atomic mass is 16.5. The maximum absolute atomic E-state index is 13.2. The van der Waals surface area contributed by atoms with E-state index >= 15 is 0 Å². The monoisotopic (exact) mass is 434 g/mol. The van der Waals surface area contributed by atoms with Crippen LogP contribution in [0.1, 0.15) is 44.7 Å². The predicted octanol–water partition coefficient (Wildman–Crippen LogP) is 4.01. The second-order valence-electron chi connectivity index (χ2n) is 9.01. The van der Waals surface area contributed by atoms with Gasteiger partial charge in [0.05, 0.1) is 7.11 Å². The largest absolute Gasteiger partial charge is 0.497 e. The summed E-state index contributed by atoms with van der Waals surface area (Å²) in [5, 5.41) is 6.77. The Morgan fingerprint density at radius 2 is 1.72 bits per heavy atom. The number of hydrogen-bond donors (Lipinski definition) is 1. The molecule has 3 aromatic rings. The van der Waals surface area contributed by atoms with Crippen LogP contribution in [0.25, 0.3) is 11.4 Å². The summed E-state index contributed by atoms with van der Waals surface area (Å²) in [7, 11) is 1.59. The fraction of sp³-hybridized carbons (Fsp3) is 0.333. The van der Waals surface area contributed by atoms with E-state index < -0.39 is 11.6 Å². The Bertz CT molecular complexity index is 1150. The lowest BCUT2D eigenvalue weighted by Gasteiger charge is -2.24. The number of aromatic nitrogens is 2. The summed E-state index contributed by atoms with van der Waals surface area (Å²) < 4.78 is 10.4. The molecule has 0 bridgehead atoms. The van der Waals surface area contributed by atoms with Gasteiger partial charge in [-0.2, -0.15) is 4.98 Å². The van der Waals surface area contributed by atoms with Crippen molar-refractivity contribution in [2.24, 2.45) is 0 Å². The number of benzene rings is 2. The Hall–Kier alpha value is -3.68. The van der Waals surface area contributed by atoms with E-state index in [2.05, 4.69) is 36.2 Å². The minimum absolute atomic E-state index is 0.00600. The molecule has 166 valence electrons. The van der Waals surface area contributed by atoms with Crippen molar-refractivity contribution in [3.8, 4) is 17.1 Å². The van der Waals surface area contributed by atoms with Gasteiger partial charge < -0.3 is 14.6 Å². The van der Waals surface area contributed by atoms with Gasteiger partial charge in [-0.25, -0.2) is 4.79 Å². The maximum Gasteiger partial charge on any atom is 0.325 e. The summed E-state index contributed by atoms with van der Waals surface area (Å²) in [6.07, 6.45) is 0. The van der Waals surface area contributed by atoms with E-state index in [1.165, 1.54) is 0 Å². The van der Waals surface area contributed by atoms with Gasteiger partial charge in [-0.15, -0.1) is 0 Å². The Morgan fingerprint density at radius 1 is 1.06 bits per heavy atom. The minimum Gasteiger partial charge on any atom is -0.497 e. The highest BCUT2D eigenvalue weighted by molar-refractivity contribution is 6.07. The molecule has 1 fully saturated rings. The van der Waals surface area contributed by atoms with Crippen LogP contribution in [0.4, 0.5) is 4.79 Å². The number of imide groups is 1. The average molecular weight is 434 g/mol. The molecule has 1 unspecified atom stereocenters. The van der Waals surface area contributed by atoms with Crippen LogP contribution in [-0.4, -0.2) is 34.1 Å². The molecule has 1 N–H and O–H groups in total. The molecule has 2 heterocycles. The molecule has 1 aliphatic rings. The van der Waals surface area contributed by atoms with Gasteiger partial charge >= 0.3 is 6.03 Å². The summed E-state index contributed by atoms with van der Waals surface area (Å²) in [6, 6.07) is 14.4. The van der Waals surface area contributed by atoms with E-state index in [0.717, 1.165) is 21.6 Å². The molecular weight excluding hydrogens is 408 g/mol. The van der Waals surface area contributed by atoms with Gasteiger partial charge in [0.15, 0.2) is 0 Å². The summed E-state index contributed by atoms with van der Waals surface area (Å²) in [6.45, 7) is 7.97. The van der Waals surface area contributed by atoms with Gasteiger partial charge in [-0.1, -0.05) is 50.2 Å². The Morgan fingerprint density at radius 3 is 2.31 bits per heavy atom. The van der Waals surface area contributed by atoms with Crippen LogP contribution in [0.2, 0.25) is 0 Å². The molecule has 1 aliphatic heterocycles. The SMILES string of the molecule is COc1ccc(-c2noc(CN3C(=O)NC(C)(c4ccc(C(C)(C)C)cc4)C3=O)n2)cc1. The predicted molar refractivity (Wildman–Crippen MR) is 118 cm³/mol. The number of nitrogens with zero attached hydrogens (tertiary/aromatic N) is 3. The molecular formula is C24H26N4O4. The number of nitrogens with one attached hydrogen (secondary N) is 1. The fourth-order valence-electron chi connectivity index (χ4n) is 3.65. The quantitative estimate of drug-likeness (QED) is 0.610. The number of carbonyl (C=O) groups excluding carboxylic acids is 2. The van der Waals surface area contributed by atoms with Gasteiger partial charge in [0, 0.05) is 5.56 Å². The number of amides is 3. The zero-order valence-corrected chi connectivity index (χ0v) is 18.8. The van der Waals surface area contributed by atoms with Crippen LogP contribution >= 0.6 is 0 Å². The molecule has 8 nitrogen and oxygen atoms in total. The van der Waals surface area contributed by atoms with Crippen LogP contribution in [0.3, 0.4) is 0 Å². The highest BCUT2D eigenvalue weighted by Crippen LogP contribution is 2.32. The van der Waals surface area contributed by atoms with Crippen LogP contribution in [0.15, 0.2) is 53.1 Å². The van der Waals surface area contributed by atoms with Crippen molar-refractivity contribution in [2.75, 3.05) is 7.11 Å². The third kappa shape index (κ3) is 3.84. The average Bonchev–Trinajstić information content (AvgIpc) is 3.32. The van der Waals surface area contributed by atoms with Gasteiger partial charge in [0.1, 0.15) is 17.8 Å². The Kier molecular flexibility index (Phi) is 5.24. The van der Waals surface area contributed by atoms with E-state index in [9.17, 15) is 9.59 Å². The van der Waals surface area contributed by atoms with Crippen LogP contribution in [-0.2, 0) is 22.3 Å². The fourth-order valence-corrected chi connectivity index (χ4v) is 3.65. The van der Waals surface area contributed by atoms with Gasteiger partial charge in [-0.3, -0.25) is 9.69 Å². The summed E-state index contributed by atoms with van der Waals surface area (Å²) in [5.74, 6) is 0.892. The molecule has 1 saturated heterocycles. The standard InChI is InChI=1S/C24H26N4O4/c1-23(2,3)16-8-10-17(11-9-16)24(4)21(29)28(22(30)26-24)14-19-25-20(27-32-19)15-6-12-18(31-5)13-7-15/h6-13H,14H2,1-5H3,(H,26,30). The Labute approximate surface area is 186 Å². The molecule has 8 heteroatoms. The van der Waals surface area contributed by atoms with E-state index in [1.807, 2.05) is 24.3 Å². The molecule has 32 heavy (non-hydrogen) atoms. The minimum atomic E-state index is -1.16. The van der Waals surface area contributed by atoms with Crippen molar-refractivity contribution in [2.45, 2.75) is 45.2 Å². The normalized spacial score (nSPS) is 18.7. The summed E-state index contributed by atoms with van der Waals surface area (Å²) in [5.41, 5.74) is 1.44. The van der Waals surface area contributed by atoms with Crippen molar-refractivity contribution < 1.29 is 18.8 Å². The molecule has 1 aromatic heterocycles. The van der Waals surface area contributed by atoms with Crippen molar-refractivity contribution in [3.05, 3.63) is 65.5 Å². The summed E-state index contributed by atoms with van der Waals surface area (Å²) >= 11 is 0. The first-order chi connectivity index (χ1) is 15.1. The molecule has 0 radical (unpaired) electrons. The topological polar surface area (TPSA) is 97.6 Å². The van der Waals surface area contributed by atoms with Crippen LogP contribution in [0, 0.1) is 0 Å². The number of urea groups is 1. The maximum atomic E-state index is 13.2. The van der Waals surface area contributed by atoms with Crippen molar-refractivity contribution in [1.82, 2.24) is 20.4 Å². The van der Waals surface area contributed by atoms with Crippen molar-refractivity contribution in [1.29, 1.82) is 0 Å². The summed E-state index contributed by atoms with van der Waals surface area (Å²) in [4.78, 5) is 31.3. The molecule has 0 saturated carbocycles. The van der Waals surface area contributed by atoms with Gasteiger partial charge in [-0.05, 0) is 47.7 Å². The highest BCUT2D eigenvalue weighted by Gasteiger charge is 2.49.